The van der Waals surface area contributed by atoms with Crippen LogP contribution in [-0.4, -0.2) is 14.8 Å². The molecule has 1 saturated heterocycles. The van der Waals surface area contributed by atoms with Crippen molar-refractivity contribution in [1.82, 2.24) is 14.8 Å². The zero-order valence-corrected chi connectivity index (χ0v) is 12.6. The van der Waals surface area contributed by atoms with Gasteiger partial charge in [0.1, 0.15) is 24.6 Å². The lowest BCUT2D eigenvalue weighted by Gasteiger charge is -2.16. The zero-order chi connectivity index (χ0) is 17.7. The van der Waals surface area contributed by atoms with E-state index in [0.717, 1.165) is 12.1 Å². The van der Waals surface area contributed by atoms with Gasteiger partial charge >= 0.3 is 6.18 Å². The molecule has 2 heterocycles. The van der Waals surface area contributed by atoms with Crippen molar-refractivity contribution in [2.45, 2.75) is 18.0 Å². The number of benzene rings is 2. The molecular weight excluding hydrogens is 338 g/mol. The Kier molecular flexibility index (Phi) is 3.40. The lowest BCUT2D eigenvalue weighted by atomic mass is 9.97. The number of epoxide rings is 1. The molecule has 0 saturated carbocycles. The van der Waals surface area contributed by atoms with Crippen LogP contribution in [0.25, 0.3) is 0 Å². The molecule has 1 aliphatic rings. The summed E-state index contributed by atoms with van der Waals surface area (Å²) in [5.74, 6) is -0.408. The van der Waals surface area contributed by atoms with E-state index in [1.165, 1.54) is 47.7 Å². The van der Waals surface area contributed by atoms with Crippen molar-refractivity contribution < 1.29 is 22.3 Å². The highest BCUT2D eigenvalue weighted by Gasteiger charge is 2.61. The number of alkyl halides is 3. The number of hydrogen-bond donors (Lipinski definition) is 0. The average molecular weight is 349 g/mol. The van der Waals surface area contributed by atoms with Crippen LogP contribution in [0.2, 0.25) is 0 Å². The van der Waals surface area contributed by atoms with Gasteiger partial charge in [-0.3, -0.25) is 0 Å². The van der Waals surface area contributed by atoms with Gasteiger partial charge in [0.05, 0.1) is 5.56 Å². The number of nitrogens with zero attached hydrogens (tertiary/aromatic N) is 3. The van der Waals surface area contributed by atoms with Gasteiger partial charge in [0, 0.05) is 5.56 Å². The summed E-state index contributed by atoms with van der Waals surface area (Å²) in [5, 5.41) is 4.04. The van der Waals surface area contributed by atoms with Crippen LogP contribution >= 0.6 is 0 Å². The van der Waals surface area contributed by atoms with E-state index in [-0.39, 0.29) is 0 Å². The first kappa shape index (κ1) is 15.8. The Labute approximate surface area is 139 Å². The van der Waals surface area contributed by atoms with Gasteiger partial charge in [-0.05, 0) is 29.8 Å². The first-order chi connectivity index (χ1) is 11.9. The van der Waals surface area contributed by atoms with Crippen LogP contribution in [0.4, 0.5) is 17.6 Å². The van der Waals surface area contributed by atoms with E-state index in [1.807, 2.05) is 0 Å². The van der Waals surface area contributed by atoms with Crippen molar-refractivity contribution >= 4 is 0 Å². The predicted octanol–water partition coefficient (Wildman–Crippen LogP) is 3.91. The Hall–Kier alpha value is -2.74. The quantitative estimate of drug-likeness (QED) is 0.532. The highest BCUT2D eigenvalue weighted by molar-refractivity contribution is 5.38. The molecule has 0 N–H and O–H groups in total. The second-order valence-electron chi connectivity index (χ2n) is 5.66. The number of ether oxygens (including phenoxy) is 1. The third kappa shape index (κ3) is 2.58. The molecule has 2 atom stereocenters. The SMILES string of the molecule is Fc1ccc([C@@H]2O[C@@]2(c2cccc(C(F)(F)F)c2)n2cncn2)cc1. The summed E-state index contributed by atoms with van der Waals surface area (Å²) in [4.78, 5) is 3.86. The molecule has 1 fully saturated rings. The van der Waals surface area contributed by atoms with Gasteiger partial charge in [-0.25, -0.2) is 14.1 Å². The number of rotatable bonds is 3. The Balaban J connectivity index is 1.81. The average Bonchev–Trinajstić information content (AvgIpc) is 3.10. The molecule has 0 aliphatic carbocycles. The van der Waals surface area contributed by atoms with Gasteiger partial charge in [0.15, 0.2) is 0 Å². The molecule has 1 aliphatic heterocycles. The molecular formula is C17H11F4N3O. The van der Waals surface area contributed by atoms with Gasteiger partial charge < -0.3 is 4.74 Å². The second kappa shape index (κ2) is 5.38. The molecule has 4 rings (SSSR count). The summed E-state index contributed by atoms with van der Waals surface area (Å²) >= 11 is 0. The fourth-order valence-electron chi connectivity index (χ4n) is 2.90. The molecule has 0 radical (unpaired) electrons. The van der Waals surface area contributed by atoms with Crippen molar-refractivity contribution in [2.24, 2.45) is 0 Å². The molecule has 128 valence electrons. The highest BCUT2D eigenvalue weighted by Crippen LogP contribution is 2.57. The predicted molar refractivity (Wildman–Crippen MR) is 78.8 cm³/mol. The van der Waals surface area contributed by atoms with E-state index >= 15 is 0 Å². The van der Waals surface area contributed by atoms with Gasteiger partial charge in [-0.2, -0.15) is 18.3 Å². The second-order valence-corrected chi connectivity index (χ2v) is 5.66. The largest absolute Gasteiger partial charge is 0.416 e. The third-order valence-electron chi connectivity index (χ3n) is 4.13. The maximum Gasteiger partial charge on any atom is 0.416 e. The van der Waals surface area contributed by atoms with Gasteiger partial charge in [0.2, 0.25) is 5.72 Å². The van der Waals surface area contributed by atoms with E-state index < -0.39 is 29.4 Å². The molecule has 8 heteroatoms. The fraction of sp³-hybridized carbons (Fsp3) is 0.176. The minimum Gasteiger partial charge on any atom is -0.333 e. The molecule has 0 amide bonds. The maximum absolute atomic E-state index is 13.2. The Morgan fingerprint density at radius 3 is 2.48 bits per heavy atom. The fourth-order valence-corrected chi connectivity index (χ4v) is 2.90. The monoisotopic (exact) mass is 349 g/mol. The Morgan fingerprint density at radius 2 is 1.84 bits per heavy atom. The lowest BCUT2D eigenvalue weighted by Crippen LogP contribution is -2.23. The Bertz CT molecular complexity index is 893. The summed E-state index contributed by atoms with van der Waals surface area (Å²) in [6.45, 7) is 0. The molecule has 1 aromatic heterocycles. The summed E-state index contributed by atoms with van der Waals surface area (Å²) in [6, 6.07) is 10.5. The van der Waals surface area contributed by atoms with Crippen molar-refractivity contribution in [3.05, 3.63) is 83.7 Å². The number of hydrogen-bond acceptors (Lipinski definition) is 3. The highest BCUT2D eigenvalue weighted by atomic mass is 19.4. The van der Waals surface area contributed by atoms with Crippen LogP contribution in [0.3, 0.4) is 0 Å². The van der Waals surface area contributed by atoms with E-state index in [9.17, 15) is 17.6 Å². The van der Waals surface area contributed by atoms with Crippen molar-refractivity contribution in [1.29, 1.82) is 0 Å². The first-order valence-corrected chi connectivity index (χ1v) is 7.37. The van der Waals surface area contributed by atoms with E-state index in [1.54, 1.807) is 6.07 Å². The minimum absolute atomic E-state index is 0.294. The van der Waals surface area contributed by atoms with Crippen LogP contribution in [0.5, 0.6) is 0 Å². The first-order valence-electron chi connectivity index (χ1n) is 7.37. The van der Waals surface area contributed by atoms with Gasteiger partial charge in [-0.15, -0.1) is 0 Å². The number of aromatic nitrogens is 3. The topological polar surface area (TPSA) is 43.2 Å². The van der Waals surface area contributed by atoms with Crippen LogP contribution in [0.1, 0.15) is 22.8 Å². The molecule has 0 spiro atoms. The molecule has 3 aromatic rings. The van der Waals surface area contributed by atoms with Gasteiger partial charge in [0.25, 0.3) is 0 Å². The Morgan fingerprint density at radius 1 is 1.08 bits per heavy atom. The zero-order valence-electron chi connectivity index (χ0n) is 12.6. The van der Waals surface area contributed by atoms with Crippen LogP contribution in [0.15, 0.2) is 61.2 Å². The molecule has 0 unspecified atom stereocenters. The number of halogens is 4. The van der Waals surface area contributed by atoms with E-state index in [0.29, 0.717) is 11.1 Å². The normalized spacial score (nSPS) is 22.8. The molecule has 0 bridgehead atoms. The minimum atomic E-state index is -4.47. The maximum atomic E-state index is 13.2. The van der Waals surface area contributed by atoms with Gasteiger partial charge in [-0.1, -0.05) is 24.3 Å². The van der Waals surface area contributed by atoms with Crippen LogP contribution in [0, 0.1) is 5.82 Å². The summed E-state index contributed by atoms with van der Waals surface area (Å²) in [5.41, 5.74) is -1.09. The molecule has 25 heavy (non-hydrogen) atoms. The van der Waals surface area contributed by atoms with Crippen molar-refractivity contribution in [3.63, 3.8) is 0 Å². The molecule has 2 aromatic carbocycles. The standard InChI is InChI=1S/C17H11F4N3O/c18-14-6-4-11(5-7-14)15-16(25-15,24-10-22-9-23-24)12-2-1-3-13(8-12)17(19,20)21/h1-10,15H/t15-,16+/m0/s1. The van der Waals surface area contributed by atoms with Crippen molar-refractivity contribution in [2.75, 3.05) is 0 Å². The summed E-state index contributed by atoms with van der Waals surface area (Å²) < 4.78 is 59.5. The van der Waals surface area contributed by atoms with E-state index in [4.69, 9.17) is 4.74 Å². The third-order valence-corrected chi connectivity index (χ3v) is 4.13. The summed E-state index contributed by atoms with van der Waals surface area (Å²) in [7, 11) is 0. The smallest absolute Gasteiger partial charge is 0.333 e. The molecule has 4 nitrogen and oxygen atoms in total. The van der Waals surface area contributed by atoms with E-state index in [2.05, 4.69) is 10.1 Å². The lowest BCUT2D eigenvalue weighted by molar-refractivity contribution is -0.137. The van der Waals surface area contributed by atoms with Crippen LogP contribution in [-0.2, 0) is 16.6 Å². The summed E-state index contributed by atoms with van der Waals surface area (Å²) in [6.07, 6.45) is -2.42. The van der Waals surface area contributed by atoms with Crippen molar-refractivity contribution in [3.8, 4) is 0 Å². The van der Waals surface area contributed by atoms with Crippen LogP contribution < -0.4 is 0 Å².